The van der Waals surface area contributed by atoms with Crippen molar-refractivity contribution in [2.24, 2.45) is 0 Å². The Morgan fingerprint density at radius 3 is 1.46 bits per heavy atom. The Balaban J connectivity index is 0.000000401. The van der Waals surface area contributed by atoms with Gasteiger partial charge in [0, 0.05) is 11.1 Å². The molecule has 2 aromatic carbocycles. The summed E-state index contributed by atoms with van der Waals surface area (Å²) in [4.78, 5) is 25.1. The fraction of sp³-hybridized carbons (Fsp3) is 0.652. The van der Waals surface area contributed by atoms with Gasteiger partial charge in [-0.3, -0.25) is 0 Å². The molecule has 0 amide bonds. The van der Waals surface area contributed by atoms with Crippen LogP contribution in [0.5, 0.6) is 11.5 Å². The predicted octanol–water partition coefficient (Wildman–Crippen LogP) is 13.9. The van der Waals surface area contributed by atoms with E-state index in [2.05, 4.69) is 39.8 Å². The lowest BCUT2D eigenvalue weighted by Crippen LogP contribution is -2.45. The molecule has 0 aliphatic heterocycles. The summed E-state index contributed by atoms with van der Waals surface area (Å²) in [6.07, 6.45) is -2.30. The van der Waals surface area contributed by atoms with Crippen LogP contribution in [0.2, 0.25) is 0 Å². The van der Waals surface area contributed by atoms with Crippen LogP contribution < -0.4 is 9.47 Å². The maximum absolute atomic E-state index is 13.5. The summed E-state index contributed by atoms with van der Waals surface area (Å²) in [5.41, 5.74) is -0.919. The molecule has 2 atom stereocenters. The minimum atomic E-state index is -4.62. The molecule has 10 nitrogen and oxygen atoms in total. The third-order valence-electron chi connectivity index (χ3n) is 9.89. The van der Waals surface area contributed by atoms with Crippen molar-refractivity contribution in [3.8, 4) is 11.5 Å². The van der Waals surface area contributed by atoms with Crippen molar-refractivity contribution in [2.45, 2.75) is 177 Å². The van der Waals surface area contributed by atoms with E-state index >= 15 is 0 Å². The normalized spacial score (nSPS) is 13.1. The Bertz CT molecular complexity index is 2030. The Hall–Kier alpha value is -3.77. The number of benzene rings is 2. The second-order valence-corrected chi connectivity index (χ2v) is 16.0. The number of alkyl halides is 7. The molecule has 0 saturated heterocycles. The second kappa shape index (κ2) is 26.3. The molecule has 0 saturated carbocycles. The maximum Gasteiger partial charge on any atom is 0.437 e. The molecule has 0 aliphatic carbocycles. The Labute approximate surface area is 381 Å². The number of esters is 2. The quantitative estimate of drug-likeness (QED) is 0.0345. The summed E-state index contributed by atoms with van der Waals surface area (Å²) in [6, 6.07) is 2.87. The molecule has 0 bridgehead atoms. The molecule has 0 N–H and O–H groups in total. The van der Waals surface area contributed by atoms with Crippen LogP contribution in [0.1, 0.15) is 161 Å². The average Bonchev–Trinajstić information content (AvgIpc) is 3.87. The second-order valence-electron chi connectivity index (χ2n) is 14.9. The van der Waals surface area contributed by atoms with Gasteiger partial charge in [-0.1, -0.05) is 120 Å². The molecule has 17 heteroatoms. The van der Waals surface area contributed by atoms with Gasteiger partial charge in [-0.25, -0.2) is 9.59 Å². The maximum atomic E-state index is 13.5. The summed E-state index contributed by atoms with van der Waals surface area (Å²) >= 11 is 2.35. The van der Waals surface area contributed by atoms with Gasteiger partial charge in [-0.15, -0.1) is 0 Å². The number of halogens is 7. The van der Waals surface area contributed by atoms with E-state index in [1.165, 1.54) is 23.0 Å². The van der Waals surface area contributed by atoms with Crippen LogP contribution in [0.4, 0.5) is 26.3 Å². The largest absolute Gasteiger partial charge is 0.478 e. The topological polar surface area (TPSA) is 123 Å². The van der Waals surface area contributed by atoms with E-state index in [4.69, 9.17) is 28.0 Å². The number of carbonyl (C=O) groups excluding carboxylic acids is 2. The first-order chi connectivity index (χ1) is 29.9. The van der Waals surface area contributed by atoms with Gasteiger partial charge in [0.25, 0.3) is 0 Å². The summed E-state index contributed by atoms with van der Waals surface area (Å²) in [7, 11) is 0. The number of nitrogens with zero attached hydrogens (tertiary/aromatic N) is 2. The molecule has 2 aromatic heterocycles. The molecule has 0 aliphatic rings. The Morgan fingerprint density at radius 1 is 0.651 bits per heavy atom. The Morgan fingerprint density at radius 2 is 1.10 bits per heavy atom. The van der Waals surface area contributed by atoms with Crippen molar-refractivity contribution in [3.63, 3.8) is 0 Å². The lowest BCUT2D eigenvalue weighted by Gasteiger charge is -2.33. The average molecular weight is 1010 g/mol. The number of rotatable bonds is 21. The molecule has 0 radical (unpaired) electrons. The van der Waals surface area contributed by atoms with E-state index in [0.29, 0.717) is 111 Å². The van der Waals surface area contributed by atoms with E-state index < -0.39 is 47.4 Å². The van der Waals surface area contributed by atoms with E-state index in [1.54, 1.807) is 20.8 Å². The smallest absolute Gasteiger partial charge is 0.437 e. The van der Waals surface area contributed by atoms with E-state index in [0.717, 1.165) is 0 Å². The molecule has 63 heavy (non-hydrogen) atoms. The van der Waals surface area contributed by atoms with Crippen LogP contribution in [0.15, 0.2) is 21.2 Å². The van der Waals surface area contributed by atoms with Crippen LogP contribution in [0, 0.1) is 0 Å². The van der Waals surface area contributed by atoms with Crippen LogP contribution in [0.25, 0.3) is 21.9 Å². The van der Waals surface area contributed by atoms with Gasteiger partial charge < -0.3 is 28.0 Å². The number of carbonyl (C=O) groups is 2. The van der Waals surface area contributed by atoms with Crippen LogP contribution in [-0.2, 0) is 57.1 Å². The van der Waals surface area contributed by atoms with E-state index in [-0.39, 0.29) is 35.2 Å². The highest BCUT2D eigenvalue weighted by atomic mass is 127. The van der Waals surface area contributed by atoms with Gasteiger partial charge in [-0.2, -0.15) is 26.3 Å². The number of fused-ring (bicyclic) bond motifs is 2. The molecule has 0 fully saturated rings. The van der Waals surface area contributed by atoms with Crippen molar-refractivity contribution in [1.82, 2.24) is 10.3 Å². The van der Waals surface area contributed by atoms with Gasteiger partial charge in [0.2, 0.25) is 5.60 Å². The molecule has 2 heterocycles. The highest BCUT2D eigenvalue weighted by molar-refractivity contribution is 14.1. The standard InChI is InChI=1S/C23H32F3NO4.C20H26F3NO4.C3H7I/c1-6-11-15-14-17-19(31-27-20(17)23(24,25)26)16(12-7-2)18(15)30-22(9-4,13-8-3)21(28)29-10-5;1-5-9-12-11-14-17(28-24-18(14)20(21,22)23)13(10-6-2)16(12)27-15(7-3)19(25)26-8-4;1-2-3-4/h14H,6-13H2,1-5H3;11,15H,5-10H2,1-4H3;2-3H2,1H3. The molecular formula is C46H65F6IN2O8. The van der Waals surface area contributed by atoms with Crippen molar-refractivity contribution >= 4 is 56.5 Å². The highest BCUT2D eigenvalue weighted by Gasteiger charge is 2.43. The van der Waals surface area contributed by atoms with Crippen LogP contribution >= 0.6 is 22.6 Å². The number of ether oxygens (including phenoxy) is 4. The highest BCUT2D eigenvalue weighted by Crippen LogP contribution is 2.44. The van der Waals surface area contributed by atoms with Gasteiger partial charge in [0.15, 0.2) is 28.7 Å². The first kappa shape index (κ1) is 55.4. The summed E-state index contributed by atoms with van der Waals surface area (Å²) in [5, 5.41) is 6.45. The van der Waals surface area contributed by atoms with Gasteiger partial charge in [0.1, 0.15) is 11.5 Å². The SMILES string of the molecule is CCCI.CCCc1cc2c(C(F)(F)F)noc2c(CCC)c1OC(CC)(CCC)C(=O)OCC.CCCc1cc2c(C(F)(F)F)noc2c(CCC)c1OC(CC)C(=O)OCC. The first-order valence-electron chi connectivity index (χ1n) is 22.2. The fourth-order valence-corrected chi connectivity index (χ4v) is 7.04. The van der Waals surface area contributed by atoms with Crippen LogP contribution in [-0.4, -0.2) is 51.6 Å². The number of hydrogen-bond acceptors (Lipinski definition) is 10. The molecule has 2 unspecified atom stereocenters. The summed E-state index contributed by atoms with van der Waals surface area (Å²) in [6.45, 7) is 19.3. The lowest BCUT2D eigenvalue weighted by molar-refractivity contribution is -0.163. The fourth-order valence-electron chi connectivity index (χ4n) is 7.04. The van der Waals surface area contributed by atoms with Gasteiger partial charge in [0.05, 0.1) is 24.0 Å². The van der Waals surface area contributed by atoms with Gasteiger partial charge in [-0.05, 0) is 92.9 Å². The van der Waals surface area contributed by atoms with E-state index in [9.17, 15) is 35.9 Å². The minimum absolute atomic E-state index is 0.0581. The van der Waals surface area contributed by atoms with Gasteiger partial charge >= 0.3 is 24.3 Å². The number of hydrogen-bond donors (Lipinski definition) is 0. The number of aryl methyl sites for hydroxylation is 4. The molecule has 4 aromatic rings. The molecule has 4 rings (SSSR count). The molecule has 0 spiro atoms. The first-order valence-corrected chi connectivity index (χ1v) is 23.7. The monoisotopic (exact) mass is 1010 g/mol. The van der Waals surface area contributed by atoms with Crippen molar-refractivity contribution in [2.75, 3.05) is 17.6 Å². The zero-order valence-corrected chi connectivity index (χ0v) is 40.5. The number of aromatic nitrogens is 2. The van der Waals surface area contributed by atoms with E-state index in [1.807, 2.05) is 41.5 Å². The van der Waals surface area contributed by atoms with Crippen molar-refractivity contribution < 1.29 is 63.9 Å². The predicted molar refractivity (Wildman–Crippen MR) is 240 cm³/mol. The Kier molecular flexibility index (Phi) is 23.1. The lowest BCUT2D eigenvalue weighted by atomic mass is 9.92. The van der Waals surface area contributed by atoms with Crippen molar-refractivity contribution in [1.29, 1.82) is 0 Å². The third kappa shape index (κ3) is 14.4. The zero-order chi connectivity index (χ0) is 47.5. The molecular weight excluding hydrogens is 949 g/mol. The zero-order valence-electron chi connectivity index (χ0n) is 38.4. The summed E-state index contributed by atoms with van der Waals surface area (Å²) < 4.78 is 115. The molecule has 356 valence electrons. The summed E-state index contributed by atoms with van der Waals surface area (Å²) in [5.74, 6) is -0.133. The van der Waals surface area contributed by atoms with Crippen molar-refractivity contribution in [3.05, 3.63) is 45.8 Å². The third-order valence-corrected chi connectivity index (χ3v) is 11.0. The van der Waals surface area contributed by atoms with Crippen LogP contribution in [0.3, 0.4) is 0 Å². The minimum Gasteiger partial charge on any atom is -0.478 e.